The number of rotatable bonds is 9. The van der Waals surface area contributed by atoms with Crippen LogP contribution in [0.1, 0.15) is 16.9 Å². The highest BCUT2D eigenvalue weighted by Gasteiger charge is 2.09. The Kier molecular flexibility index (Phi) is 6.85. The third kappa shape index (κ3) is 5.95. The molecule has 4 nitrogen and oxygen atoms in total. The molecule has 1 aromatic heterocycles. The van der Waals surface area contributed by atoms with Gasteiger partial charge in [0.1, 0.15) is 0 Å². The van der Waals surface area contributed by atoms with Crippen LogP contribution in [0.25, 0.3) is 0 Å². The van der Waals surface area contributed by atoms with Gasteiger partial charge in [-0.1, -0.05) is 0 Å². The lowest BCUT2D eigenvalue weighted by molar-refractivity contribution is 0.199. The molecule has 0 saturated heterocycles. The topological polar surface area (TPSA) is 55.4 Å². The van der Waals surface area contributed by atoms with Gasteiger partial charge in [0.05, 0.1) is 11.5 Å². The molecule has 18 heavy (non-hydrogen) atoms. The molecule has 0 spiro atoms. The van der Waals surface area contributed by atoms with Crippen molar-refractivity contribution in [3.8, 4) is 0 Å². The summed E-state index contributed by atoms with van der Waals surface area (Å²) >= 11 is 1.70. The van der Waals surface area contributed by atoms with Crippen LogP contribution in [0.4, 0.5) is 0 Å². The molecule has 1 heterocycles. The van der Waals surface area contributed by atoms with Crippen molar-refractivity contribution in [2.45, 2.75) is 19.9 Å². The largest absolute Gasteiger partial charge is 0.385 e. The van der Waals surface area contributed by atoms with Crippen LogP contribution in [0.15, 0.2) is 11.4 Å². The smallest absolute Gasteiger partial charge is 0.151 e. The molecule has 1 N–H and O–H groups in total. The third-order valence-corrected chi connectivity index (χ3v) is 5.41. The average molecular weight is 291 g/mol. The first kappa shape index (κ1) is 15.6. The van der Waals surface area contributed by atoms with E-state index in [-0.39, 0.29) is 11.5 Å². The van der Waals surface area contributed by atoms with Crippen molar-refractivity contribution < 1.29 is 13.2 Å². The van der Waals surface area contributed by atoms with Gasteiger partial charge in [0.15, 0.2) is 9.84 Å². The summed E-state index contributed by atoms with van der Waals surface area (Å²) in [5, 5.41) is 5.22. The van der Waals surface area contributed by atoms with Gasteiger partial charge in [0.25, 0.3) is 0 Å². The lowest BCUT2D eigenvalue weighted by atomic mass is 10.3. The zero-order valence-corrected chi connectivity index (χ0v) is 12.6. The molecule has 0 amide bonds. The fraction of sp³-hybridized carbons (Fsp3) is 0.667. The summed E-state index contributed by atoms with van der Waals surface area (Å²) in [6.07, 6.45) is 0.572. The maximum atomic E-state index is 11.6. The van der Waals surface area contributed by atoms with Gasteiger partial charge in [0, 0.05) is 31.7 Å². The number of ether oxygens (including phenoxy) is 1. The van der Waals surface area contributed by atoms with E-state index in [9.17, 15) is 8.42 Å². The van der Waals surface area contributed by atoms with Crippen molar-refractivity contribution in [3.05, 3.63) is 21.9 Å². The summed E-state index contributed by atoms with van der Waals surface area (Å²) in [6.45, 7) is 3.82. The van der Waals surface area contributed by atoms with Crippen LogP contribution in [-0.4, -0.2) is 40.2 Å². The molecule has 0 atom stereocenters. The first-order chi connectivity index (χ1) is 8.55. The van der Waals surface area contributed by atoms with Gasteiger partial charge in [-0.15, -0.1) is 11.3 Å². The zero-order valence-electron chi connectivity index (χ0n) is 10.9. The second-order valence-electron chi connectivity index (χ2n) is 4.20. The molecular formula is C12H21NO3S2. The van der Waals surface area contributed by atoms with Crippen molar-refractivity contribution in [1.82, 2.24) is 5.32 Å². The van der Waals surface area contributed by atoms with Crippen LogP contribution in [0.5, 0.6) is 0 Å². The van der Waals surface area contributed by atoms with E-state index in [1.165, 1.54) is 10.4 Å². The van der Waals surface area contributed by atoms with Gasteiger partial charge >= 0.3 is 0 Å². The maximum Gasteiger partial charge on any atom is 0.151 e. The van der Waals surface area contributed by atoms with Gasteiger partial charge in [-0.3, -0.25) is 0 Å². The van der Waals surface area contributed by atoms with Gasteiger partial charge in [0.2, 0.25) is 0 Å². The van der Waals surface area contributed by atoms with Crippen LogP contribution >= 0.6 is 11.3 Å². The van der Waals surface area contributed by atoms with E-state index >= 15 is 0 Å². The van der Waals surface area contributed by atoms with Gasteiger partial charge in [-0.25, -0.2) is 8.42 Å². The van der Waals surface area contributed by atoms with E-state index in [2.05, 4.69) is 18.3 Å². The number of methoxy groups -OCH3 is 1. The molecular weight excluding hydrogens is 270 g/mol. The van der Waals surface area contributed by atoms with Crippen LogP contribution in [-0.2, 0) is 21.1 Å². The van der Waals surface area contributed by atoms with Crippen LogP contribution in [0.2, 0.25) is 0 Å². The Labute approximate surface area is 113 Å². The van der Waals surface area contributed by atoms with E-state index in [0.29, 0.717) is 19.6 Å². The number of thiophene rings is 1. The Hall–Kier alpha value is -0.430. The zero-order chi connectivity index (χ0) is 13.4. The molecule has 0 fully saturated rings. The molecule has 1 aromatic rings. The monoisotopic (exact) mass is 291 g/mol. The van der Waals surface area contributed by atoms with Crippen LogP contribution in [0.3, 0.4) is 0 Å². The summed E-state index contributed by atoms with van der Waals surface area (Å²) in [6, 6.07) is 2.07. The molecule has 6 heteroatoms. The minimum atomic E-state index is -2.94. The van der Waals surface area contributed by atoms with Crippen LogP contribution < -0.4 is 5.32 Å². The molecule has 0 radical (unpaired) electrons. The Balaban J connectivity index is 2.19. The normalized spacial score (nSPS) is 11.9. The fourth-order valence-electron chi connectivity index (χ4n) is 1.54. The van der Waals surface area contributed by atoms with Crippen molar-refractivity contribution >= 4 is 21.2 Å². The predicted molar refractivity (Wildman–Crippen MR) is 75.9 cm³/mol. The fourth-order valence-corrected chi connectivity index (χ4v) is 3.63. The third-order valence-electron chi connectivity index (χ3n) is 2.65. The lowest BCUT2D eigenvalue weighted by Crippen LogP contribution is -2.24. The standard InChI is InChI=1S/C12H21NO3S2/c1-11-4-7-17-12(11)10-13-5-9-18(14,15)8-3-6-16-2/h4,7,13H,3,5-6,8-10H2,1-2H3. The molecule has 0 aromatic carbocycles. The SMILES string of the molecule is COCCCS(=O)(=O)CCNCc1sccc1C. The molecule has 0 aliphatic heterocycles. The highest BCUT2D eigenvalue weighted by molar-refractivity contribution is 7.91. The number of sulfone groups is 1. The summed E-state index contributed by atoms with van der Waals surface area (Å²) in [7, 11) is -1.36. The molecule has 0 unspecified atom stereocenters. The Morgan fingerprint density at radius 2 is 2.17 bits per heavy atom. The molecule has 0 bridgehead atoms. The van der Waals surface area contributed by atoms with E-state index in [1.807, 2.05) is 5.38 Å². The van der Waals surface area contributed by atoms with E-state index in [1.54, 1.807) is 18.4 Å². The van der Waals surface area contributed by atoms with Crippen molar-refractivity contribution in [2.75, 3.05) is 31.8 Å². The highest BCUT2D eigenvalue weighted by atomic mass is 32.2. The minimum absolute atomic E-state index is 0.196. The highest BCUT2D eigenvalue weighted by Crippen LogP contribution is 2.14. The number of nitrogens with one attached hydrogen (secondary N) is 1. The van der Waals surface area contributed by atoms with Gasteiger partial charge in [-0.2, -0.15) is 0 Å². The second kappa shape index (κ2) is 7.89. The van der Waals surface area contributed by atoms with Crippen LogP contribution in [0, 0.1) is 6.92 Å². The Morgan fingerprint density at radius 1 is 1.39 bits per heavy atom. The van der Waals surface area contributed by atoms with E-state index in [0.717, 1.165) is 6.54 Å². The first-order valence-electron chi connectivity index (χ1n) is 5.98. The Bertz CT molecular complexity index is 440. The van der Waals surface area contributed by atoms with Crippen molar-refractivity contribution in [1.29, 1.82) is 0 Å². The average Bonchev–Trinajstić information content (AvgIpc) is 2.71. The summed E-state index contributed by atoms with van der Waals surface area (Å²) < 4.78 is 28.1. The number of aryl methyl sites for hydroxylation is 1. The second-order valence-corrected chi connectivity index (χ2v) is 7.51. The molecule has 104 valence electrons. The summed E-state index contributed by atoms with van der Waals surface area (Å²) in [4.78, 5) is 1.27. The minimum Gasteiger partial charge on any atom is -0.385 e. The maximum absolute atomic E-state index is 11.6. The van der Waals surface area contributed by atoms with E-state index < -0.39 is 9.84 Å². The number of hydrogen-bond donors (Lipinski definition) is 1. The quantitative estimate of drug-likeness (QED) is 0.702. The van der Waals surface area contributed by atoms with Crippen molar-refractivity contribution in [3.63, 3.8) is 0 Å². The van der Waals surface area contributed by atoms with Gasteiger partial charge in [-0.05, 0) is 30.4 Å². The summed E-state index contributed by atoms with van der Waals surface area (Å²) in [5.74, 6) is 0.404. The molecule has 0 aliphatic rings. The molecule has 1 rings (SSSR count). The lowest BCUT2D eigenvalue weighted by Gasteiger charge is -2.06. The predicted octanol–water partition coefficient (Wildman–Crippen LogP) is 1.60. The summed E-state index contributed by atoms with van der Waals surface area (Å²) in [5.41, 5.74) is 1.26. The van der Waals surface area contributed by atoms with Crippen molar-refractivity contribution in [2.24, 2.45) is 0 Å². The van der Waals surface area contributed by atoms with Gasteiger partial charge < -0.3 is 10.1 Å². The molecule has 0 aliphatic carbocycles. The van der Waals surface area contributed by atoms with E-state index in [4.69, 9.17) is 4.74 Å². The Morgan fingerprint density at radius 3 is 2.78 bits per heavy atom. The first-order valence-corrected chi connectivity index (χ1v) is 8.68. The number of hydrogen-bond acceptors (Lipinski definition) is 5. The molecule has 0 saturated carbocycles.